The molecule has 0 spiro atoms. The summed E-state index contributed by atoms with van der Waals surface area (Å²) in [6, 6.07) is 0. The first-order chi connectivity index (χ1) is 8.36. The highest BCUT2D eigenvalue weighted by Gasteiger charge is 2.32. The molecule has 2 atom stereocenters. The molecule has 6 nitrogen and oxygen atoms in total. The van der Waals surface area contributed by atoms with Gasteiger partial charge in [0.05, 0.1) is 11.6 Å². The molecule has 1 amide bonds. The second kappa shape index (κ2) is 6.15. The molecule has 0 radical (unpaired) electrons. The summed E-state index contributed by atoms with van der Waals surface area (Å²) in [5, 5.41) is 14.7. The van der Waals surface area contributed by atoms with Crippen molar-refractivity contribution in [3.63, 3.8) is 0 Å². The molecule has 6 heteroatoms. The first-order valence-electron chi connectivity index (χ1n) is 6.28. The molecule has 104 valence electrons. The van der Waals surface area contributed by atoms with E-state index >= 15 is 0 Å². The fourth-order valence-electron chi connectivity index (χ4n) is 1.99. The van der Waals surface area contributed by atoms with E-state index in [1.165, 1.54) is 0 Å². The summed E-state index contributed by atoms with van der Waals surface area (Å²) in [7, 11) is 0. The predicted octanol–water partition coefficient (Wildman–Crippen LogP) is 0.123. The van der Waals surface area contributed by atoms with Crippen LogP contribution in [0.1, 0.15) is 33.6 Å². The van der Waals surface area contributed by atoms with Crippen molar-refractivity contribution >= 4 is 11.9 Å². The normalized spacial score (nSPS) is 23.9. The Kier molecular flexibility index (Phi) is 5.10. The van der Waals surface area contributed by atoms with Crippen LogP contribution in [-0.4, -0.2) is 47.8 Å². The molecule has 0 bridgehead atoms. The smallest absolute Gasteiger partial charge is 0.332 e. The molecule has 1 aliphatic rings. The van der Waals surface area contributed by atoms with Gasteiger partial charge >= 0.3 is 5.97 Å². The molecule has 1 rings (SSSR count). The van der Waals surface area contributed by atoms with Gasteiger partial charge < -0.3 is 20.5 Å². The van der Waals surface area contributed by atoms with Gasteiger partial charge in [0.25, 0.3) is 0 Å². The second-order valence-corrected chi connectivity index (χ2v) is 5.03. The summed E-state index contributed by atoms with van der Waals surface area (Å²) in [4.78, 5) is 22.6. The fourth-order valence-corrected chi connectivity index (χ4v) is 1.99. The summed E-state index contributed by atoms with van der Waals surface area (Å²) in [5.74, 6) is -1.04. The van der Waals surface area contributed by atoms with Crippen LogP contribution in [0.5, 0.6) is 0 Å². The maximum Gasteiger partial charge on any atom is 0.332 e. The number of carbonyl (C=O) groups excluding carboxylic acids is 1. The fraction of sp³-hybridized carbons (Fsp3) is 0.833. The van der Waals surface area contributed by atoms with Gasteiger partial charge in [-0.25, -0.2) is 4.79 Å². The molecule has 2 unspecified atom stereocenters. The number of likely N-dealkylation sites (N-methyl/N-ethyl adjacent to an activating group) is 1. The third-order valence-corrected chi connectivity index (χ3v) is 3.06. The van der Waals surface area contributed by atoms with Crippen LogP contribution >= 0.6 is 0 Å². The van der Waals surface area contributed by atoms with E-state index in [-0.39, 0.29) is 12.0 Å². The monoisotopic (exact) mass is 258 g/mol. The highest BCUT2D eigenvalue weighted by Crippen LogP contribution is 2.19. The zero-order valence-corrected chi connectivity index (χ0v) is 11.2. The molecule has 1 aliphatic heterocycles. The molecule has 0 aromatic heterocycles. The number of rotatable bonds is 6. The topological polar surface area (TPSA) is 87.7 Å². The number of nitrogens with one attached hydrogen (secondary N) is 2. The SMILES string of the molecule is CCNC(C)(C)C(=O)NCC1CCC(C(=O)O)O1. The molecule has 18 heavy (non-hydrogen) atoms. The Morgan fingerprint density at radius 2 is 2.06 bits per heavy atom. The Labute approximate surface area is 107 Å². The number of aliphatic carboxylic acids is 1. The van der Waals surface area contributed by atoms with Gasteiger partial charge in [0.15, 0.2) is 6.10 Å². The van der Waals surface area contributed by atoms with Crippen LogP contribution in [0.25, 0.3) is 0 Å². The Morgan fingerprint density at radius 1 is 1.39 bits per heavy atom. The Bertz CT molecular complexity index is 317. The van der Waals surface area contributed by atoms with Gasteiger partial charge in [0, 0.05) is 6.54 Å². The molecule has 0 aromatic rings. The molecule has 1 saturated heterocycles. The lowest BCUT2D eigenvalue weighted by molar-refractivity contribution is -0.149. The van der Waals surface area contributed by atoms with E-state index in [0.29, 0.717) is 25.9 Å². The summed E-state index contributed by atoms with van der Waals surface area (Å²) < 4.78 is 5.31. The van der Waals surface area contributed by atoms with Crippen molar-refractivity contribution in [1.82, 2.24) is 10.6 Å². The van der Waals surface area contributed by atoms with Gasteiger partial charge in [-0.05, 0) is 33.2 Å². The third kappa shape index (κ3) is 3.96. The summed E-state index contributed by atoms with van der Waals surface area (Å²) in [5.41, 5.74) is -0.625. The van der Waals surface area contributed by atoms with Crippen molar-refractivity contribution in [2.24, 2.45) is 0 Å². The highest BCUT2D eigenvalue weighted by molar-refractivity contribution is 5.85. The Morgan fingerprint density at radius 3 is 2.56 bits per heavy atom. The lowest BCUT2D eigenvalue weighted by Gasteiger charge is -2.25. The number of carboxylic acids is 1. The molecule has 3 N–H and O–H groups in total. The number of carboxylic acid groups (broad SMARTS) is 1. The largest absolute Gasteiger partial charge is 0.479 e. The maximum atomic E-state index is 11.9. The molecule has 0 saturated carbocycles. The minimum atomic E-state index is -0.934. The van der Waals surface area contributed by atoms with Crippen molar-refractivity contribution in [2.75, 3.05) is 13.1 Å². The second-order valence-electron chi connectivity index (χ2n) is 5.03. The first kappa shape index (κ1) is 14.9. The third-order valence-electron chi connectivity index (χ3n) is 3.06. The van der Waals surface area contributed by atoms with E-state index in [1.54, 1.807) is 13.8 Å². The Balaban J connectivity index is 2.34. The summed E-state index contributed by atoms with van der Waals surface area (Å²) in [6.45, 7) is 6.62. The van der Waals surface area contributed by atoms with Crippen LogP contribution < -0.4 is 10.6 Å². The van der Waals surface area contributed by atoms with Gasteiger partial charge in [-0.1, -0.05) is 6.92 Å². The van der Waals surface area contributed by atoms with Crippen LogP contribution in [-0.2, 0) is 14.3 Å². The van der Waals surface area contributed by atoms with Crippen molar-refractivity contribution in [3.8, 4) is 0 Å². The molecular weight excluding hydrogens is 236 g/mol. The van der Waals surface area contributed by atoms with E-state index < -0.39 is 17.6 Å². The number of hydrogen-bond donors (Lipinski definition) is 3. The van der Waals surface area contributed by atoms with Crippen LogP contribution in [0.2, 0.25) is 0 Å². The molecule has 0 aliphatic carbocycles. The van der Waals surface area contributed by atoms with Crippen LogP contribution in [0, 0.1) is 0 Å². The van der Waals surface area contributed by atoms with E-state index in [9.17, 15) is 9.59 Å². The van der Waals surface area contributed by atoms with Crippen LogP contribution in [0.15, 0.2) is 0 Å². The molecule has 0 aromatic carbocycles. The van der Waals surface area contributed by atoms with E-state index in [1.807, 2.05) is 6.92 Å². The maximum absolute atomic E-state index is 11.9. The standard InChI is InChI=1S/C12H22N2O4/c1-4-14-12(2,3)11(17)13-7-8-5-6-9(18-8)10(15)16/h8-9,14H,4-7H2,1-3H3,(H,13,17)(H,15,16). The lowest BCUT2D eigenvalue weighted by Crippen LogP contribution is -2.53. The lowest BCUT2D eigenvalue weighted by atomic mass is 10.0. The summed E-state index contributed by atoms with van der Waals surface area (Å²) >= 11 is 0. The number of carbonyl (C=O) groups is 2. The van der Waals surface area contributed by atoms with Crippen molar-refractivity contribution in [1.29, 1.82) is 0 Å². The number of ether oxygens (including phenoxy) is 1. The van der Waals surface area contributed by atoms with E-state index in [4.69, 9.17) is 9.84 Å². The van der Waals surface area contributed by atoms with Crippen LogP contribution in [0.3, 0.4) is 0 Å². The van der Waals surface area contributed by atoms with Crippen molar-refractivity contribution < 1.29 is 19.4 Å². The zero-order valence-electron chi connectivity index (χ0n) is 11.2. The Hall–Kier alpha value is -1.14. The van der Waals surface area contributed by atoms with Gasteiger partial charge in [0.2, 0.25) is 5.91 Å². The molecule has 1 fully saturated rings. The highest BCUT2D eigenvalue weighted by atomic mass is 16.5. The minimum absolute atomic E-state index is 0.105. The van der Waals surface area contributed by atoms with Gasteiger partial charge in [-0.2, -0.15) is 0 Å². The van der Waals surface area contributed by atoms with E-state index in [2.05, 4.69) is 10.6 Å². The number of amides is 1. The average Bonchev–Trinajstić information content (AvgIpc) is 2.74. The molecule has 1 heterocycles. The first-order valence-corrected chi connectivity index (χ1v) is 6.28. The van der Waals surface area contributed by atoms with E-state index in [0.717, 1.165) is 0 Å². The quantitative estimate of drug-likeness (QED) is 0.630. The average molecular weight is 258 g/mol. The van der Waals surface area contributed by atoms with Crippen molar-refractivity contribution in [3.05, 3.63) is 0 Å². The van der Waals surface area contributed by atoms with Gasteiger partial charge in [-0.3, -0.25) is 4.79 Å². The van der Waals surface area contributed by atoms with Gasteiger partial charge in [-0.15, -0.1) is 0 Å². The summed E-state index contributed by atoms with van der Waals surface area (Å²) in [6.07, 6.45) is 0.242. The minimum Gasteiger partial charge on any atom is -0.479 e. The molecular formula is C12H22N2O4. The van der Waals surface area contributed by atoms with Crippen LogP contribution in [0.4, 0.5) is 0 Å². The predicted molar refractivity (Wildman–Crippen MR) is 66.3 cm³/mol. The van der Waals surface area contributed by atoms with Gasteiger partial charge in [0.1, 0.15) is 0 Å². The zero-order chi connectivity index (χ0) is 13.8. The van der Waals surface area contributed by atoms with Crippen molar-refractivity contribution in [2.45, 2.75) is 51.4 Å². The number of hydrogen-bond acceptors (Lipinski definition) is 4.